The fraction of sp³-hybridized carbons (Fsp3) is 0.250. The third kappa shape index (κ3) is 5.93. The minimum absolute atomic E-state index is 0.00928. The normalized spacial score (nSPS) is 10.8. The van der Waals surface area contributed by atoms with E-state index in [4.69, 9.17) is 9.26 Å². The summed E-state index contributed by atoms with van der Waals surface area (Å²) < 4.78 is 40.2. The molecule has 0 aliphatic carbocycles. The van der Waals surface area contributed by atoms with E-state index in [1.807, 2.05) is 0 Å². The molecule has 0 unspecified atom stereocenters. The van der Waals surface area contributed by atoms with Crippen LogP contribution in [0.25, 0.3) is 11.1 Å². The number of halogens is 2. The standard InChI is InChI=1S/C20H19F2N3O4S/c1-12-23-18(25-29-12)10-30-11-19(26)24-14-5-8-17(28-20(21)22)16(9-14)13-3-6-15(27-2)7-4-13/h3-9,20H,10-11H2,1-2H3,(H,24,26). The molecule has 1 amide bonds. The molecule has 1 N–H and O–H groups in total. The summed E-state index contributed by atoms with van der Waals surface area (Å²) in [5.41, 5.74) is 1.53. The number of amides is 1. The maximum absolute atomic E-state index is 12.8. The highest BCUT2D eigenvalue weighted by molar-refractivity contribution is 7.99. The Bertz CT molecular complexity index is 996. The van der Waals surface area contributed by atoms with Gasteiger partial charge in [0.15, 0.2) is 5.82 Å². The Labute approximate surface area is 175 Å². The van der Waals surface area contributed by atoms with E-state index in [1.165, 1.54) is 31.0 Å². The van der Waals surface area contributed by atoms with E-state index in [1.54, 1.807) is 37.3 Å². The minimum Gasteiger partial charge on any atom is -0.497 e. The molecule has 0 atom stereocenters. The first-order valence-corrected chi connectivity index (χ1v) is 10.00. The Morgan fingerprint density at radius 1 is 1.23 bits per heavy atom. The van der Waals surface area contributed by atoms with Crippen molar-refractivity contribution < 1.29 is 27.6 Å². The molecule has 1 aromatic heterocycles. The SMILES string of the molecule is COc1ccc(-c2cc(NC(=O)CSCc3noc(C)n3)ccc2OC(F)F)cc1. The van der Waals surface area contributed by atoms with E-state index in [9.17, 15) is 13.6 Å². The Hall–Kier alpha value is -3.14. The molecule has 0 aliphatic heterocycles. The Morgan fingerprint density at radius 3 is 2.63 bits per heavy atom. The molecular formula is C20H19F2N3O4S. The molecule has 158 valence electrons. The zero-order chi connectivity index (χ0) is 21.5. The van der Waals surface area contributed by atoms with Crippen LogP contribution in [0.2, 0.25) is 0 Å². The lowest BCUT2D eigenvalue weighted by Gasteiger charge is -2.14. The van der Waals surface area contributed by atoms with Gasteiger partial charge in [0.2, 0.25) is 11.8 Å². The molecule has 0 fully saturated rings. The summed E-state index contributed by atoms with van der Waals surface area (Å²) in [6, 6.07) is 11.4. The molecule has 7 nitrogen and oxygen atoms in total. The van der Waals surface area contributed by atoms with Crippen molar-refractivity contribution >= 4 is 23.4 Å². The maximum Gasteiger partial charge on any atom is 0.387 e. The number of carbonyl (C=O) groups is 1. The van der Waals surface area contributed by atoms with Crippen LogP contribution in [0.15, 0.2) is 47.0 Å². The third-order valence-electron chi connectivity index (χ3n) is 3.91. The molecular weight excluding hydrogens is 416 g/mol. The summed E-state index contributed by atoms with van der Waals surface area (Å²) in [7, 11) is 1.54. The summed E-state index contributed by atoms with van der Waals surface area (Å²) in [5.74, 6) is 1.98. The number of carbonyl (C=O) groups excluding carboxylic acids is 1. The first-order valence-electron chi connectivity index (χ1n) is 8.84. The van der Waals surface area contributed by atoms with Gasteiger partial charge in [0.1, 0.15) is 11.5 Å². The number of thioether (sulfide) groups is 1. The molecule has 1 heterocycles. The Kier molecular flexibility index (Phi) is 7.23. The van der Waals surface area contributed by atoms with Crippen molar-refractivity contribution in [3.63, 3.8) is 0 Å². The Balaban J connectivity index is 1.70. The number of rotatable bonds is 9. The van der Waals surface area contributed by atoms with E-state index in [0.29, 0.717) is 40.0 Å². The molecule has 0 aliphatic rings. The lowest BCUT2D eigenvalue weighted by Crippen LogP contribution is -2.14. The number of methoxy groups -OCH3 is 1. The molecule has 0 spiro atoms. The van der Waals surface area contributed by atoms with Crippen LogP contribution in [0.4, 0.5) is 14.5 Å². The molecule has 3 rings (SSSR count). The summed E-state index contributed by atoms with van der Waals surface area (Å²) >= 11 is 1.33. The van der Waals surface area contributed by atoms with Crippen LogP contribution >= 0.6 is 11.8 Å². The van der Waals surface area contributed by atoms with Crippen LogP contribution in [0.1, 0.15) is 11.7 Å². The lowest BCUT2D eigenvalue weighted by atomic mass is 10.0. The number of alkyl halides is 2. The van der Waals surface area contributed by atoms with Crippen LogP contribution in [-0.2, 0) is 10.5 Å². The monoisotopic (exact) mass is 435 g/mol. The number of aryl methyl sites for hydroxylation is 1. The number of nitrogens with one attached hydrogen (secondary N) is 1. The van der Waals surface area contributed by atoms with Gasteiger partial charge in [-0.1, -0.05) is 17.3 Å². The van der Waals surface area contributed by atoms with Crippen LogP contribution in [0.3, 0.4) is 0 Å². The number of hydrogen-bond acceptors (Lipinski definition) is 7. The minimum atomic E-state index is -2.97. The van der Waals surface area contributed by atoms with Gasteiger partial charge in [-0.25, -0.2) is 0 Å². The highest BCUT2D eigenvalue weighted by Crippen LogP contribution is 2.34. The molecule has 0 radical (unpaired) electrons. The van der Waals surface area contributed by atoms with Gasteiger partial charge in [-0.2, -0.15) is 13.8 Å². The van der Waals surface area contributed by atoms with Gasteiger partial charge in [0.05, 0.1) is 18.6 Å². The molecule has 30 heavy (non-hydrogen) atoms. The smallest absolute Gasteiger partial charge is 0.387 e. The first-order chi connectivity index (χ1) is 14.4. The average Bonchev–Trinajstić information content (AvgIpc) is 3.14. The average molecular weight is 435 g/mol. The predicted octanol–water partition coefficient (Wildman–Crippen LogP) is 4.53. The maximum atomic E-state index is 12.8. The van der Waals surface area contributed by atoms with Crippen LogP contribution in [-0.4, -0.2) is 35.5 Å². The Morgan fingerprint density at radius 2 is 2.00 bits per heavy atom. The second-order valence-electron chi connectivity index (χ2n) is 6.09. The summed E-state index contributed by atoms with van der Waals surface area (Å²) in [6.45, 7) is -1.28. The van der Waals surface area contributed by atoms with Gasteiger partial charge in [0.25, 0.3) is 0 Å². The van der Waals surface area contributed by atoms with E-state index >= 15 is 0 Å². The highest BCUT2D eigenvalue weighted by atomic mass is 32.2. The lowest BCUT2D eigenvalue weighted by molar-refractivity contribution is -0.113. The number of benzene rings is 2. The number of anilines is 1. The van der Waals surface area contributed by atoms with Crippen molar-refractivity contribution in [1.82, 2.24) is 10.1 Å². The quantitative estimate of drug-likeness (QED) is 0.529. The van der Waals surface area contributed by atoms with E-state index in [-0.39, 0.29) is 17.4 Å². The number of nitrogens with zero attached hydrogens (tertiary/aromatic N) is 2. The zero-order valence-electron chi connectivity index (χ0n) is 16.2. The summed E-state index contributed by atoms with van der Waals surface area (Å²) in [5, 5.41) is 6.52. The molecule has 3 aromatic rings. The van der Waals surface area contributed by atoms with Crippen LogP contribution in [0.5, 0.6) is 11.5 Å². The number of ether oxygens (including phenoxy) is 2. The van der Waals surface area contributed by atoms with E-state index < -0.39 is 6.61 Å². The topological polar surface area (TPSA) is 86.5 Å². The summed E-state index contributed by atoms with van der Waals surface area (Å²) in [4.78, 5) is 16.3. The molecule has 0 saturated carbocycles. The van der Waals surface area contributed by atoms with Crippen molar-refractivity contribution in [1.29, 1.82) is 0 Å². The van der Waals surface area contributed by atoms with Crippen LogP contribution in [0, 0.1) is 6.92 Å². The van der Waals surface area contributed by atoms with Crippen molar-refractivity contribution in [2.75, 3.05) is 18.2 Å². The van der Waals surface area contributed by atoms with Gasteiger partial charge in [-0.15, -0.1) is 11.8 Å². The van der Waals surface area contributed by atoms with E-state index in [0.717, 1.165) is 0 Å². The van der Waals surface area contributed by atoms with Crippen molar-refractivity contribution in [3.05, 3.63) is 54.2 Å². The van der Waals surface area contributed by atoms with Gasteiger partial charge in [-0.3, -0.25) is 4.79 Å². The number of hydrogen-bond donors (Lipinski definition) is 1. The van der Waals surface area contributed by atoms with Gasteiger partial charge >= 0.3 is 6.61 Å². The second kappa shape index (κ2) is 10.1. The molecule has 0 saturated heterocycles. The second-order valence-corrected chi connectivity index (χ2v) is 7.07. The molecule has 0 bridgehead atoms. The summed E-state index contributed by atoms with van der Waals surface area (Å²) in [6.07, 6.45) is 0. The third-order valence-corrected chi connectivity index (χ3v) is 4.84. The zero-order valence-corrected chi connectivity index (χ0v) is 17.0. The van der Waals surface area contributed by atoms with Gasteiger partial charge in [-0.05, 0) is 35.9 Å². The predicted molar refractivity (Wildman–Crippen MR) is 109 cm³/mol. The largest absolute Gasteiger partial charge is 0.497 e. The molecule has 2 aromatic carbocycles. The fourth-order valence-corrected chi connectivity index (χ4v) is 3.29. The van der Waals surface area contributed by atoms with Crippen molar-refractivity contribution in [3.8, 4) is 22.6 Å². The first kappa shape index (κ1) is 21.6. The van der Waals surface area contributed by atoms with Gasteiger partial charge < -0.3 is 19.3 Å². The van der Waals surface area contributed by atoms with Crippen molar-refractivity contribution in [2.24, 2.45) is 0 Å². The fourth-order valence-electron chi connectivity index (χ4n) is 2.63. The number of aromatic nitrogens is 2. The van der Waals surface area contributed by atoms with Gasteiger partial charge in [0, 0.05) is 18.2 Å². The van der Waals surface area contributed by atoms with Crippen molar-refractivity contribution in [2.45, 2.75) is 19.3 Å². The van der Waals surface area contributed by atoms with Crippen LogP contribution < -0.4 is 14.8 Å². The highest BCUT2D eigenvalue weighted by Gasteiger charge is 2.14. The van der Waals surface area contributed by atoms with E-state index in [2.05, 4.69) is 20.2 Å². The molecule has 10 heteroatoms.